The van der Waals surface area contributed by atoms with Gasteiger partial charge in [0.1, 0.15) is 0 Å². The molecule has 1 saturated carbocycles. The van der Waals surface area contributed by atoms with Gasteiger partial charge in [-0.15, -0.1) is 5.10 Å². The van der Waals surface area contributed by atoms with E-state index in [1.165, 1.54) is 32.1 Å². The van der Waals surface area contributed by atoms with Gasteiger partial charge in [-0.1, -0.05) is 30.6 Å². The van der Waals surface area contributed by atoms with E-state index in [9.17, 15) is 0 Å². The number of nitrogens with one attached hydrogen (secondary N) is 1. The van der Waals surface area contributed by atoms with Crippen LogP contribution in [-0.2, 0) is 0 Å². The van der Waals surface area contributed by atoms with Gasteiger partial charge in [-0.25, -0.2) is 0 Å². The first-order valence-corrected chi connectivity index (χ1v) is 6.75. The van der Waals surface area contributed by atoms with Crippen molar-refractivity contribution in [2.45, 2.75) is 32.1 Å². The smallest absolute Gasteiger partial charge is 0.206 e. The monoisotopic (exact) mass is 243 g/mol. The van der Waals surface area contributed by atoms with E-state index in [1.54, 1.807) is 11.3 Å². The summed E-state index contributed by atoms with van der Waals surface area (Å²) in [5, 5.41) is 8.04. The minimum atomic E-state index is 0.764. The molecule has 1 aromatic heterocycles. The zero-order valence-corrected chi connectivity index (χ0v) is 10.7. The first-order valence-electron chi connectivity index (χ1n) is 5.52. The van der Waals surface area contributed by atoms with Crippen LogP contribution in [0.15, 0.2) is 0 Å². The number of hydrogen-bond donors (Lipinski definition) is 1. The van der Waals surface area contributed by atoms with Gasteiger partial charge in [-0.05, 0) is 31.0 Å². The van der Waals surface area contributed by atoms with Crippen molar-refractivity contribution in [1.29, 1.82) is 0 Å². The molecule has 0 aromatic carbocycles. The minimum Gasteiger partial charge on any atom is -0.349 e. The molecular formula is C10H17N3S2. The molecule has 0 radical (unpaired) electrons. The molecule has 3 nitrogen and oxygen atoms in total. The van der Waals surface area contributed by atoms with Crippen LogP contribution in [0, 0.1) is 9.87 Å². The SMILES string of the molecule is CN(CC1CCCCC1)c1n[nH]c(=S)s1. The number of aromatic nitrogens is 2. The van der Waals surface area contributed by atoms with Gasteiger partial charge < -0.3 is 4.90 Å². The van der Waals surface area contributed by atoms with Crippen LogP contribution in [0.3, 0.4) is 0 Å². The molecule has 1 fully saturated rings. The molecular weight excluding hydrogens is 226 g/mol. The molecule has 1 aromatic rings. The third-order valence-corrected chi connectivity index (χ3v) is 4.21. The third kappa shape index (κ3) is 3.01. The lowest BCUT2D eigenvalue weighted by Crippen LogP contribution is -2.26. The zero-order valence-electron chi connectivity index (χ0n) is 9.03. The summed E-state index contributed by atoms with van der Waals surface area (Å²) in [6.45, 7) is 1.12. The van der Waals surface area contributed by atoms with Gasteiger partial charge in [-0.2, -0.15) is 0 Å². The fourth-order valence-electron chi connectivity index (χ4n) is 2.22. The molecule has 5 heteroatoms. The molecule has 2 rings (SSSR count). The average molecular weight is 243 g/mol. The van der Waals surface area contributed by atoms with Crippen molar-refractivity contribution in [3.63, 3.8) is 0 Å². The number of anilines is 1. The largest absolute Gasteiger partial charge is 0.349 e. The molecule has 0 amide bonds. The molecule has 1 aliphatic carbocycles. The Labute approximate surface area is 99.5 Å². The van der Waals surface area contributed by atoms with Gasteiger partial charge in [0.05, 0.1) is 0 Å². The lowest BCUT2D eigenvalue weighted by atomic mass is 9.89. The number of hydrogen-bond acceptors (Lipinski definition) is 4. The van der Waals surface area contributed by atoms with Crippen LogP contribution < -0.4 is 4.90 Å². The van der Waals surface area contributed by atoms with E-state index in [4.69, 9.17) is 12.2 Å². The van der Waals surface area contributed by atoms with Crippen LogP contribution in [0.2, 0.25) is 0 Å². The summed E-state index contributed by atoms with van der Waals surface area (Å²) in [6, 6.07) is 0. The quantitative estimate of drug-likeness (QED) is 0.827. The molecule has 1 heterocycles. The third-order valence-electron chi connectivity index (χ3n) is 3.01. The summed E-state index contributed by atoms with van der Waals surface area (Å²) < 4.78 is 0.764. The van der Waals surface area contributed by atoms with E-state index in [2.05, 4.69) is 22.1 Å². The highest BCUT2D eigenvalue weighted by atomic mass is 32.1. The standard InChI is InChI=1S/C10H17N3S2/c1-13(9-11-12-10(14)15-9)7-8-5-3-2-4-6-8/h8H,2-7H2,1H3,(H,12,14). The molecule has 0 spiro atoms. The molecule has 0 atom stereocenters. The maximum absolute atomic E-state index is 5.03. The van der Waals surface area contributed by atoms with Crippen molar-refractivity contribution in [3.8, 4) is 0 Å². The Morgan fingerprint density at radius 3 is 2.80 bits per heavy atom. The highest BCUT2D eigenvalue weighted by Gasteiger charge is 2.16. The lowest BCUT2D eigenvalue weighted by molar-refractivity contribution is 0.362. The number of H-pyrrole nitrogens is 1. The van der Waals surface area contributed by atoms with Gasteiger partial charge in [0.2, 0.25) is 5.13 Å². The highest BCUT2D eigenvalue weighted by Crippen LogP contribution is 2.26. The topological polar surface area (TPSA) is 31.9 Å². The fraction of sp³-hybridized carbons (Fsp3) is 0.800. The van der Waals surface area contributed by atoms with Crippen molar-refractivity contribution in [2.24, 2.45) is 5.92 Å². The normalized spacial score (nSPS) is 17.9. The molecule has 0 bridgehead atoms. The molecule has 0 unspecified atom stereocenters. The Morgan fingerprint density at radius 1 is 1.47 bits per heavy atom. The van der Waals surface area contributed by atoms with Gasteiger partial charge >= 0.3 is 0 Å². The Morgan fingerprint density at radius 2 is 2.20 bits per heavy atom. The Balaban J connectivity index is 1.90. The number of rotatable bonds is 3. The maximum atomic E-state index is 5.03. The minimum absolute atomic E-state index is 0.764. The van der Waals surface area contributed by atoms with Crippen LogP contribution in [0.4, 0.5) is 5.13 Å². The van der Waals surface area contributed by atoms with E-state index < -0.39 is 0 Å². The predicted octanol–water partition coefficient (Wildman–Crippen LogP) is 3.22. The van der Waals surface area contributed by atoms with Gasteiger partial charge in [0.15, 0.2) is 3.95 Å². The predicted molar refractivity (Wildman–Crippen MR) is 67.1 cm³/mol. The highest BCUT2D eigenvalue weighted by molar-refractivity contribution is 7.73. The average Bonchev–Trinajstić information content (AvgIpc) is 2.66. The van der Waals surface area contributed by atoms with Crippen molar-refractivity contribution in [2.75, 3.05) is 18.5 Å². The maximum Gasteiger partial charge on any atom is 0.206 e. The molecule has 0 aliphatic heterocycles. The van der Waals surface area contributed by atoms with Crippen molar-refractivity contribution < 1.29 is 0 Å². The van der Waals surface area contributed by atoms with E-state index >= 15 is 0 Å². The van der Waals surface area contributed by atoms with Crippen LogP contribution in [-0.4, -0.2) is 23.8 Å². The summed E-state index contributed by atoms with van der Waals surface area (Å²) in [6.07, 6.45) is 6.96. The van der Waals surface area contributed by atoms with Crippen LogP contribution in [0.5, 0.6) is 0 Å². The fourth-order valence-corrected chi connectivity index (χ4v) is 3.07. The van der Waals surface area contributed by atoms with Gasteiger partial charge in [0.25, 0.3) is 0 Å². The van der Waals surface area contributed by atoms with Crippen molar-refractivity contribution >= 4 is 28.7 Å². The Kier molecular flexibility index (Phi) is 3.75. The van der Waals surface area contributed by atoms with E-state index in [-0.39, 0.29) is 0 Å². The summed E-state index contributed by atoms with van der Waals surface area (Å²) in [5.41, 5.74) is 0. The van der Waals surface area contributed by atoms with Crippen molar-refractivity contribution in [1.82, 2.24) is 10.2 Å². The summed E-state index contributed by atoms with van der Waals surface area (Å²) in [7, 11) is 2.11. The van der Waals surface area contributed by atoms with Gasteiger partial charge in [-0.3, -0.25) is 5.10 Å². The summed E-state index contributed by atoms with van der Waals surface area (Å²) >= 11 is 6.59. The van der Waals surface area contributed by atoms with Crippen LogP contribution >= 0.6 is 23.6 Å². The van der Waals surface area contributed by atoms with Crippen LogP contribution in [0.1, 0.15) is 32.1 Å². The summed E-state index contributed by atoms with van der Waals surface area (Å²) in [4.78, 5) is 2.23. The molecule has 1 aliphatic rings. The second-order valence-corrected chi connectivity index (χ2v) is 5.92. The first kappa shape index (κ1) is 11.1. The molecule has 0 saturated heterocycles. The lowest BCUT2D eigenvalue weighted by Gasteiger charge is -2.26. The number of nitrogens with zero attached hydrogens (tertiary/aromatic N) is 2. The summed E-state index contributed by atoms with van der Waals surface area (Å²) in [5.74, 6) is 0.848. The Hall–Kier alpha value is -0.420. The molecule has 84 valence electrons. The second kappa shape index (κ2) is 5.07. The van der Waals surface area contributed by atoms with E-state index in [1.807, 2.05) is 0 Å². The first-order chi connectivity index (χ1) is 7.25. The van der Waals surface area contributed by atoms with E-state index in [0.717, 1.165) is 21.5 Å². The Bertz CT molecular complexity index is 352. The molecule has 1 N–H and O–H groups in total. The zero-order chi connectivity index (χ0) is 10.7. The van der Waals surface area contributed by atoms with Gasteiger partial charge in [0, 0.05) is 13.6 Å². The number of aromatic amines is 1. The van der Waals surface area contributed by atoms with E-state index in [0.29, 0.717) is 0 Å². The van der Waals surface area contributed by atoms with Crippen molar-refractivity contribution in [3.05, 3.63) is 3.95 Å². The van der Waals surface area contributed by atoms with Crippen LogP contribution in [0.25, 0.3) is 0 Å². The second-order valence-electron chi connectivity index (χ2n) is 4.28. The molecule has 15 heavy (non-hydrogen) atoms.